The first-order valence-electron chi connectivity index (χ1n) is 11.2. The number of amides is 1. The lowest BCUT2D eigenvalue weighted by Crippen LogP contribution is -2.31. The van der Waals surface area contributed by atoms with E-state index in [-0.39, 0.29) is 21.5 Å². The molecule has 0 aliphatic rings. The third-order valence-electron chi connectivity index (χ3n) is 4.38. The fraction of sp³-hybridized carbons (Fsp3) is 0.417. The lowest BCUT2D eigenvalue weighted by atomic mass is 10.2. The van der Waals surface area contributed by atoms with Crippen LogP contribution in [0.15, 0.2) is 34.5 Å². The van der Waals surface area contributed by atoms with Gasteiger partial charge in [-0.3, -0.25) is 9.59 Å². The zero-order valence-corrected chi connectivity index (χ0v) is 21.8. The summed E-state index contributed by atoms with van der Waals surface area (Å²) in [6.45, 7) is 9.97. The first-order valence-corrected chi connectivity index (χ1v) is 11.9. The van der Waals surface area contributed by atoms with Crippen LogP contribution < -0.4 is 24.3 Å². The number of nitrogens with one attached hydrogen (secondary N) is 1. The number of Topliss-reactive ketones (excluding diaryl/α,β-unsaturated/α-hetero) is 1. The van der Waals surface area contributed by atoms with E-state index < -0.39 is 17.7 Å². The molecule has 190 valence electrons. The van der Waals surface area contributed by atoms with Gasteiger partial charge in [-0.05, 0) is 40.7 Å². The number of hydrogen-bond acceptors (Lipinski definition) is 8. The summed E-state index contributed by atoms with van der Waals surface area (Å²) in [4.78, 5) is 25.2. The Morgan fingerprint density at radius 3 is 2.06 bits per heavy atom. The van der Waals surface area contributed by atoms with E-state index in [1.807, 2.05) is 20.8 Å². The van der Waals surface area contributed by atoms with Crippen molar-refractivity contribution in [3.63, 3.8) is 0 Å². The SMILES string of the molecule is CCOc1cc(Cl)c(OCC)c(N=NC(C(C)=O)C(=O)Nc2cc(Cl)c(OCC)c(OCC)c2)c1. The molecule has 0 bridgehead atoms. The van der Waals surface area contributed by atoms with Crippen molar-refractivity contribution in [3.8, 4) is 23.0 Å². The molecule has 0 spiro atoms. The minimum absolute atomic E-state index is 0.226. The van der Waals surface area contributed by atoms with Gasteiger partial charge in [-0.1, -0.05) is 23.2 Å². The van der Waals surface area contributed by atoms with E-state index in [0.717, 1.165) is 0 Å². The highest BCUT2D eigenvalue weighted by Crippen LogP contribution is 2.40. The summed E-state index contributed by atoms with van der Waals surface area (Å²) in [5, 5.41) is 11.2. The lowest BCUT2D eigenvalue weighted by molar-refractivity contribution is -0.126. The maximum absolute atomic E-state index is 12.9. The highest BCUT2D eigenvalue weighted by atomic mass is 35.5. The zero-order chi connectivity index (χ0) is 26.0. The van der Waals surface area contributed by atoms with E-state index in [9.17, 15) is 9.59 Å². The molecule has 0 saturated carbocycles. The summed E-state index contributed by atoms with van der Waals surface area (Å²) in [5.74, 6) is 0.232. The highest BCUT2D eigenvalue weighted by Gasteiger charge is 2.25. The second-order valence-electron chi connectivity index (χ2n) is 6.99. The number of ether oxygens (including phenoxy) is 4. The zero-order valence-electron chi connectivity index (χ0n) is 20.3. The van der Waals surface area contributed by atoms with Gasteiger partial charge in [-0.2, -0.15) is 10.2 Å². The molecule has 1 N–H and O–H groups in total. The Hall–Kier alpha value is -3.04. The van der Waals surface area contributed by atoms with Crippen LogP contribution >= 0.6 is 23.2 Å². The first kappa shape index (κ1) is 28.2. The van der Waals surface area contributed by atoms with Crippen LogP contribution in [0.4, 0.5) is 11.4 Å². The predicted molar refractivity (Wildman–Crippen MR) is 135 cm³/mol. The van der Waals surface area contributed by atoms with Gasteiger partial charge in [0.2, 0.25) is 6.04 Å². The van der Waals surface area contributed by atoms with Gasteiger partial charge in [0.05, 0.1) is 36.5 Å². The van der Waals surface area contributed by atoms with E-state index in [2.05, 4.69) is 15.5 Å². The van der Waals surface area contributed by atoms with Gasteiger partial charge >= 0.3 is 0 Å². The molecule has 0 heterocycles. The minimum atomic E-state index is -1.43. The Bertz CT molecular complexity index is 1080. The number of halogens is 2. The van der Waals surface area contributed by atoms with Gasteiger partial charge in [-0.15, -0.1) is 0 Å². The first-order chi connectivity index (χ1) is 16.7. The van der Waals surface area contributed by atoms with E-state index >= 15 is 0 Å². The summed E-state index contributed by atoms with van der Waals surface area (Å²) in [5.41, 5.74) is 0.536. The third kappa shape index (κ3) is 7.73. The smallest absolute Gasteiger partial charge is 0.258 e. The molecular formula is C24H29Cl2N3O6. The van der Waals surface area contributed by atoms with E-state index in [0.29, 0.717) is 49.4 Å². The molecule has 2 rings (SSSR count). The third-order valence-corrected chi connectivity index (χ3v) is 4.94. The van der Waals surface area contributed by atoms with Gasteiger partial charge in [0, 0.05) is 23.9 Å². The molecule has 0 aromatic heterocycles. The maximum Gasteiger partial charge on any atom is 0.258 e. The number of anilines is 1. The number of carbonyl (C=O) groups is 2. The minimum Gasteiger partial charge on any atom is -0.494 e. The van der Waals surface area contributed by atoms with Gasteiger partial charge in [-0.25, -0.2) is 0 Å². The molecule has 0 radical (unpaired) electrons. The molecule has 2 aromatic carbocycles. The fourth-order valence-corrected chi connectivity index (χ4v) is 3.53. The molecule has 0 aliphatic heterocycles. The van der Waals surface area contributed by atoms with E-state index in [1.165, 1.54) is 13.0 Å². The van der Waals surface area contributed by atoms with Crippen LogP contribution in [0, 0.1) is 0 Å². The summed E-state index contributed by atoms with van der Waals surface area (Å²) < 4.78 is 22.2. The molecule has 35 heavy (non-hydrogen) atoms. The quantitative estimate of drug-likeness (QED) is 0.244. The molecule has 11 heteroatoms. The second-order valence-corrected chi connectivity index (χ2v) is 7.80. The Morgan fingerprint density at radius 2 is 1.46 bits per heavy atom. The highest BCUT2D eigenvalue weighted by molar-refractivity contribution is 6.33. The van der Waals surface area contributed by atoms with Crippen molar-refractivity contribution in [1.82, 2.24) is 0 Å². The Balaban J connectivity index is 2.36. The van der Waals surface area contributed by atoms with Crippen molar-refractivity contribution in [3.05, 3.63) is 34.3 Å². The van der Waals surface area contributed by atoms with E-state index in [4.69, 9.17) is 42.1 Å². The van der Waals surface area contributed by atoms with Crippen LogP contribution in [0.2, 0.25) is 10.0 Å². The standard InChI is InChI=1S/C24H29Cl2N3O6/c1-6-32-16-12-18(26)22(34-8-3)19(13-16)28-29-21(14(5)30)24(31)27-15-10-17(25)23(35-9-4)20(11-15)33-7-2/h10-13,21H,6-9H2,1-5H3,(H,27,31). The van der Waals surface area contributed by atoms with Crippen LogP contribution in [0.3, 0.4) is 0 Å². The van der Waals surface area contributed by atoms with Crippen molar-refractivity contribution in [2.24, 2.45) is 10.2 Å². The van der Waals surface area contributed by atoms with Crippen molar-refractivity contribution in [2.45, 2.75) is 40.7 Å². The molecule has 1 amide bonds. The second kappa shape index (κ2) is 13.7. The molecule has 0 fully saturated rings. The largest absolute Gasteiger partial charge is 0.494 e. The average Bonchev–Trinajstić information content (AvgIpc) is 2.78. The maximum atomic E-state index is 12.9. The topological polar surface area (TPSA) is 108 Å². The molecule has 0 aliphatic carbocycles. The van der Waals surface area contributed by atoms with Crippen LogP contribution in [0.25, 0.3) is 0 Å². The number of carbonyl (C=O) groups excluding carboxylic acids is 2. The fourth-order valence-electron chi connectivity index (χ4n) is 3.00. The van der Waals surface area contributed by atoms with E-state index in [1.54, 1.807) is 25.1 Å². The van der Waals surface area contributed by atoms with Crippen molar-refractivity contribution >= 4 is 46.3 Å². The van der Waals surface area contributed by atoms with Crippen molar-refractivity contribution < 1.29 is 28.5 Å². The summed E-state index contributed by atoms with van der Waals surface area (Å²) in [6.07, 6.45) is 0. The van der Waals surface area contributed by atoms with Crippen LogP contribution in [-0.2, 0) is 9.59 Å². The Kier molecular flexibility index (Phi) is 11.1. The number of azo groups is 1. The molecule has 1 atom stereocenters. The van der Waals surface area contributed by atoms with Gasteiger partial charge < -0.3 is 24.3 Å². The number of ketones is 1. The number of benzene rings is 2. The summed E-state index contributed by atoms with van der Waals surface area (Å²) in [7, 11) is 0. The van der Waals surface area contributed by atoms with Crippen LogP contribution in [-0.4, -0.2) is 44.2 Å². The summed E-state index contributed by atoms with van der Waals surface area (Å²) >= 11 is 12.6. The van der Waals surface area contributed by atoms with Crippen molar-refractivity contribution in [2.75, 3.05) is 31.7 Å². The molecule has 1 unspecified atom stereocenters. The van der Waals surface area contributed by atoms with Crippen LogP contribution in [0.5, 0.6) is 23.0 Å². The number of hydrogen-bond donors (Lipinski definition) is 1. The monoisotopic (exact) mass is 525 g/mol. The van der Waals surface area contributed by atoms with Gasteiger partial charge in [0.25, 0.3) is 5.91 Å². The lowest BCUT2D eigenvalue weighted by Gasteiger charge is -2.16. The Labute approximate surface area is 214 Å². The average molecular weight is 526 g/mol. The molecule has 9 nitrogen and oxygen atoms in total. The van der Waals surface area contributed by atoms with Crippen molar-refractivity contribution in [1.29, 1.82) is 0 Å². The summed E-state index contributed by atoms with van der Waals surface area (Å²) in [6, 6.07) is 4.79. The Morgan fingerprint density at radius 1 is 0.857 bits per heavy atom. The van der Waals surface area contributed by atoms with Gasteiger partial charge in [0.1, 0.15) is 11.4 Å². The molecule has 0 saturated heterocycles. The number of nitrogens with zero attached hydrogens (tertiary/aromatic N) is 2. The van der Waals surface area contributed by atoms with Crippen LogP contribution in [0.1, 0.15) is 34.6 Å². The van der Waals surface area contributed by atoms with Gasteiger partial charge in [0.15, 0.2) is 23.0 Å². The molecular weight excluding hydrogens is 497 g/mol. The molecule has 2 aromatic rings. The number of rotatable bonds is 13. The normalized spacial score (nSPS) is 11.7. The predicted octanol–water partition coefficient (Wildman–Crippen LogP) is 6.27.